The Kier molecular flexibility index (Phi) is 2.07. The Morgan fingerprint density at radius 1 is 1.45 bits per heavy atom. The van der Waals surface area contributed by atoms with Crippen LogP contribution in [0.5, 0.6) is 0 Å². The topological polar surface area (TPSA) is 12.9 Å². The lowest BCUT2D eigenvalue weighted by Gasteiger charge is -1.83. The van der Waals surface area contributed by atoms with Gasteiger partial charge in [0.2, 0.25) is 0 Å². The molecule has 0 fully saturated rings. The molecule has 0 unspecified atom stereocenters. The number of thiophene rings is 1. The molecule has 0 aliphatic rings. The molecule has 0 saturated heterocycles. The van der Waals surface area contributed by atoms with Gasteiger partial charge in [0.05, 0.1) is 14.9 Å². The molecule has 4 heteroatoms. The highest BCUT2D eigenvalue weighted by Gasteiger charge is 2.02. The molecule has 2 aromatic heterocycles. The average Bonchev–Trinajstić information content (AvgIpc) is 2.55. The van der Waals surface area contributed by atoms with Crippen molar-refractivity contribution in [2.45, 2.75) is 0 Å². The van der Waals surface area contributed by atoms with Crippen LogP contribution in [0.15, 0.2) is 27.5 Å². The van der Waals surface area contributed by atoms with E-state index in [2.05, 4.69) is 32.4 Å². The Morgan fingerprint density at radius 2 is 2.36 bits per heavy atom. The van der Waals surface area contributed by atoms with Crippen LogP contribution < -0.4 is 0 Å². The molecule has 0 aliphatic carbocycles. The molecule has 0 aliphatic heterocycles. The Bertz CT molecular complexity index is 339. The maximum atomic E-state index is 4.24. The third kappa shape index (κ3) is 1.52. The van der Waals surface area contributed by atoms with Gasteiger partial charge < -0.3 is 0 Å². The van der Waals surface area contributed by atoms with E-state index in [1.807, 2.05) is 12.3 Å². The summed E-state index contributed by atoms with van der Waals surface area (Å²) in [4.78, 5) is 5.48. The molecule has 2 rings (SSSR count). The van der Waals surface area contributed by atoms with Crippen LogP contribution in [0.2, 0.25) is 0 Å². The van der Waals surface area contributed by atoms with E-state index < -0.39 is 0 Å². The normalized spacial score (nSPS) is 10.3. The van der Waals surface area contributed by atoms with Gasteiger partial charge in [0, 0.05) is 0 Å². The van der Waals surface area contributed by atoms with Gasteiger partial charge in [-0.25, -0.2) is 4.98 Å². The predicted molar refractivity (Wildman–Crippen MR) is 53.1 cm³/mol. The van der Waals surface area contributed by atoms with Crippen molar-refractivity contribution in [2.75, 3.05) is 0 Å². The lowest BCUT2D eigenvalue weighted by molar-refractivity contribution is 1.42. The number of halogens is 1. The smallest absolute Gasteiger partial charge is 0.134 e. The second-order valence-corrected chi connectivity index (χ2v) is 5.30. The molecule has 56 valence electrons. The van der Waals surface area contributed by atoms with Gasteiger partial charge in [-0.3, -0.25) is 0 Å². The summed E-state index contributed by atoms with van der Waals surface area (Å²) < 4.78 is 1.08. The van der Waals surface area contributed by atoms with Crippen molar-refractivity contribution >= 4 is 38.6 Å². The van der Waals surface area contributed by atoms with Crippen LogP contribution in [0.4, 0.5) is 0 Å². The molecule has 0 N–H and O–H groups in total. The SMILES string of the molecule is Brc1cnc(-c2cccs2)s1. The van der Waals surface area contributed by atoms with Crippen LogP contribution in [0.1, 0.15) is 0 Å². The first kappa shape index (κ1) is 7.46. The molecule has 0 aromatic carbocycles. The average molecular weight is 246 g/mol. The summed E-state index contributed by atoms with van der Waals surface area (Å²) in [6.07, 6.45) is 1.83. The zero-order chi connectivity index (χ0) is 7.68. The van der Waals surface area contributed by atoms with Gasteiger partial charge in [-0.15, -0.1) is 22.7 Å². The molecule has 0 amide bonds. The summed E-state index contributed by atoms with van der Waals surface area (Å²) in [5.74, 6) is 0. The zero-order valence-corrected chi connectivity index (χ0v) is 8.67. The van der Waals surface area contributed by atoms with Crippen molar-refractivity contribution < 1.29 is 0 Å². The molecule has 2 heterocycles. The van der Waals surface area contributed by atoms with E-state index in [1.54, 1.807) is 22.7 Å². The van der Waals surface area contributed by atoms with E-state index in [9.17, 15) is 0 Å². The van der Waals surface area contributed by atoms with Gasteiger partial charge in [-0.05, 0) is 27.4 Å². The summed E-state index contributed by atoms with van der Waals surface area (Å²) in [6.45, 7) is 0. The van der Waals surface area contributed by atoms with Crippen molar-refractivity contribution in [1.82, 2.24) is 4.98 Å². The monoisotopic (exact) mass is 245 g/mol. The van der Waals surface area contributed by atoms with E-state index in [4.69, 9.17) is 0 Å². The summed E-state index contributed by atoms with van der Waals surface area (Å²) in [5, 5.41) is 3.15. The van der Waals surface area contributed by atoms with Crippen molar-refractivity contribution in [3.05, 3.63) is 27.5 Å². The highest BCUT2D eigenvalue weighted by atomic mass is 79.9. The quantitative estimate of drug-likeness (QED) is 0.748. The molecule has 0 atom stereocenters. The van der Waals surface area contributed by atoms with E-state index in [0.717, 1.165) is 8.79 Å². The second-order valence-electron chi connectivity index (χ2n) is 1.95. The van der Waals surface area contributed by atoms with Crippen LogP contribution in [-0.2, 0) is 0 Å². The van der Waals surface area contributed by atoms with Crippen LogP contribution in [0, 0.1) is 0 Å². The maximum absolute atomic E-state index is 4.24. The van der Waals surface area contributed by atoms with E-state index in [0.29, 0.717) is 0 Å². The zero-order valence-electron chi connectivity index (χ0n) is 5.45. The van der Waals surface area contributed by atoms with Crippen LogP contribution in [0.25, 0.3) is 9.88 Å². The Morgan fingerprint density at radius 3 is 2.91 bits per heavy atom. The number of thiazole rings is 1. The fourth-order valence-electron chi connectivity index (χ4n) is 0.769. The second kappa shape index (κ2) is 3.05. The highest BCUT2D eigenvalue weighted by molar-refractivity contribution is 9.11. The molecule has 0 bridgehead atoms. The van der Waals surface area contributed by atoms with Gasteiger partial charge in [0.15, 0.2) is 0 Å². The molecule has 2 aromatic rings. The number of hydrogen-bond donors (Lipinski definition) is 0. The number of nitrogens with zero attached hydrogens (tertiary/aromatic N) is 1. The molecular formula is C7H4BrNS2. The molecule has 0 radical (unpaired) electrons. The molecule has 11 heavy (non-hydrogen) atoms. The third-order valence-corrected chi connectivity index (χ3v) is 3.72. The van der Waals surface area contributed by atoms with Crippen molar-refractivity contribution in [3.8, 4) is 9.88 Å². The van der Waals surface area contributed by atoms with E-state index in [-0.39, 0.29) is 0 Å². The Labute approximate surface area is 80.9 Å². The number of rotatable bonds is 1. The van der Waals surface area contributed by atoms with Gasteiger partial charge in [-0.2, -0.15) is 0 Å². The lowest BCUT2D eigenvalue weighted by atomic mass is 10.5. The van der Waals surface area contributed by atoms with E-state index in [1.165, 1.54) is 4.88 Å². The summed E-state index contributed by atoms with van der Waals surface area (Å²) in [7, 11) is 0. The predicted octanol–water partition coefficient (Wildman–Crippen LogP) is 3.63. The Hall–Kier alpha value is -0.190. The van der Waals surface area contributed by atoms with Gasteiger partial charge >= 0.3 is 0 Å². The van der Waals surface area contributed by atoms with Crippen LogP contribution in [0.3, 0.4) is 0 Å². The first-order valence-electron chi connectivity index (χ1n) is 3.01. The van der Waals surface area contributed by atoms with Gasteiger partial charge in [-0.1, -0.05) is 6.07 Å². The van der Waals surface area contributed by atoms with Gasteiger partial charge in [0.25, 0.3) is 0 Å². The minimum Gasteiger partial charge on any atom is -0.242 e. The molecule has 0 saturated carbocycles. The minimum absolute atomic E-state index is 1.08. The molecular weight excluding hydrogens is 242 g/mol. The molecule has 0 spiro atoms. The summed E-state index contributed by atoms with van der Waals surface area (Å²) in [6, 6.07) is 4.12. The maximum Gasteiger partial charge on any atom is 0.134 e. The van der Waals surface area contributed by atoms with Crippen molar-refractivity contribution in [1.29, 1.82) is 0 Å². The lowest BCUT2D eigenvalue weighted by Crippen LogP contribution is -1.63. The summed E-state index contributed by atoms with van der Waals surface area (Å²) >= 11 is 6.76. The summed E-state index contributed by atoms with van der Waals surface area (Å²) in [5.41, 5.74) is 0. The fraction of sp³-hybridized carbons (Fsp3) is 0. The standard InChI is InChI=1S/C7H4BrNS2/c8-6-4-9-7(11-6)5-2-1-3-10-5/h1-4H. The van der Waals surface area contributed by atoms with Crippen LogP contribution >= 0.6 is 38.6 Å². The minimum atomic E-state index is 1.08. The van der Waals surface area contributed by atoms with Crippen molar-refractivity contribution in [3.63, 3.8) is 0 Å². The fourth-order valence-corrected chi connectivity index (χ4v) is 2.78. The molecule has 1 nitrogen and oxygen atoms in total. The van der Waals surface area contributed by atoms with Crippen molar-refractivity contribution in [2.24, 2.45) is 0 Å². The van der Waals surface area contributed by atoms with Gasteiger partial charge in [0.1, 0.15) is 5.01 Å². The number of hydrogen-bond acceptors (Lipinski definition) is 3. The first-order chi connectivity index (χ1) is 5.36. The third-order valence-electron chi connectivity index (χ3n) is 1.21. The highest BCUT2D eigenvalue weighted by Crippen LogP contribution is 2.30. The Balaban J connectivity index is 2.45. The van der Waals surface area contributed by atoms with Crippen LogP contribution in [-0.4, -0.2) is 4.98 Å². The van der Waals surface area contributed by atoms with E-state index >= 15 is 0 Å². The number of aromatic nitrogens is 1. The first-order valence-corrected chi connectivity index (χ1v) is 5.50. The largest absolute Gasteiger partial charge is 0.242 e.